The highest BCUT2D eigenvalue weighted by molar-refractivity contribution is 7.80. The first kappa shape index (κ1) is 9.08. The number of nitrogens with two attached hydrogens (primary N) is 1. The van der Waals surface area contributed by atoms with Crippen LogP contribution in [0.3, 0.4) is 0 Å². The molecule has 0 radical (unpaired) electrons. The van der Waals surface area contributed by atoms with Crippen LogP contribution in [0.1, 0.15) is 0 Å². The summed E-state index contributed by atoms with van der Waals surface area (Å²) < 4.78 is 10.8. The third kappa shape index (κ3) is 1.72. The summed E-state index contributed by atoms with van der Waals surface area (Å²) in [6, 6.07) is 5.54. The van der Waals surface area contributed by atoms with Crippen molar-refractivity contribution in [3.8, 4) is 11.5 Å². The monoisotopic (exact) mass is 210 g/mol. The van der Waals surface area contributed by atoms with E-state index in [1.807, 2.05) is 18.2 Å². The molecule has 74 valence electrons. The number of hydrogen-bond donors (Lipinski definition) is 2. The van der Waals surface area contributed by atoms with Gasteiger partial charge in [-0.1, -0.05) is 6.07 Å². The lowest BCUT2D eigenvalue weighted by molar-refractivity contribution is 0.172. The van der Waals surface area contributed by atoms with Crippen LogP contribution in [0, 0.1) is 0 Å². The number of hydrogen-bond acceptors (Lipinski definition) is 3. The second-order valence-corrected chi connectivity index (χ2v) is 3.26. The molecule has 1 aromatic rings. The fraction of sp³-hybridized carbons (Fsp3) is 0.222. The summed E-state index contributed by atoms with van der Waals surface area (Å²) in [6.07, 6.45) is 0. The highest BCUT2D eigenvalue weighted by atomic mass is 32.1. The fourth-order valence-electron chi connectivity index (χ4n) is 1.30. The summed E-state index contributed by atoms with van der Waals surface area (Å²) in [5, 5.41) is 3.05. The molecule has 0 amide bonds. The number of para-hydroxylation sites is 1. The third-order valence-corrected chi connectivity index (χ3v) is 1.93. The maximum Gasteiger partial charge on any atom is 0.184 e. The van der Waals surface area contributed by atoms with Gasteiger partial charge in [-0.15, -0.1) is 0 Å². The number of thiocarbonyl (C=S) groups is 1. The first-order valence-corrected chi connectivity index (χ1v) is 4.63. The van der Waals surface area contributed by atoms with Crippen LogP contribution >= 0.6 is 12.2 Å². The average Bonchev–Trinajstić information content (AvgIpc) is 2.18. The molecule has 1 aliphatic rings. The van der Waals surface area contributed by atoms with Crippen molar-refractivity contribution in [1.29, 1.82) is 0 Å². The van der Waals surface area contributed by atoms with Gasteiger partial charge in [0.25, 0.3) is 0 Å². The Morgan fingerprint density at radius 3 is 2.93 bits per heavy atom. The van der Waals surface area contributed by atoms with E-state index in [0.717, 1.165) is 11.4 Å². The lowest BCUT2D eigenvalue weighted by atomic mass is 10.2. The number of benzene rings is 1. The molecule has 0 saturated carbocycles. The van der Waals surface area contributed by atoms with E-state index in [9.17, 15) is 0 Å². The number of anilines is 1. The predicted octanol–water partition coefficient (Wildman–Crippen LogP) is 1.11. The van der Waals surface area contributed by atoms with Gasteiger partial charge in [0.2, 0.25) is 0 Å². The van der Waals surface area contributed by atoms with Gasteiger partial charge in [0, 0.05) is 0 Å². The Balaban J connectivity index is 2.35. The average molecular weight is 210 g/mol. The van der Waals surface area contributed by atoms with Gasteiger partial charge in [-0.25, -0.2) is 0 Å². The summed E-state index contributed by atoms with van der Waals surface area (Å²) in [7, 11) is 0. The van der Waals surface area contributed by atoms with Gasteiger partial charge in [-0.2, -0.15) is 0 Å². The van der Waals surface area contributed by atoms with Crippen molar-refractivity contribution < 1.29 is 9.47 Å². The third-order valence-electron chi connectivity index (χ3n) is 1.82. The lowest BCUT2D eigenvalue weighted by Gasteiger charge is -2.20. The number of ether oxygens (including phenoxy) is 2. The molecule has 1 aromatic carbocycles. The van der Waals surface area contributed by atoms with Crippen molar-refractivity contribution in [3.63, 3.8) is 0 Å². The van der Waals surface area contributed by atoms with E-state index in [0.29, 0.717) is 19.0 Å². The smallest absolute Gasteiger partial charge is 0.184 e. The van der Waals surface area contributed by atoms with Crippen molar-refractivity contribution in [2.24, 2.45) is 5.73 Å². The summed E-state index contributed by atoms with van der Waals surface area (Å²) in [6.45, 7) is 1.12. The Morgan fingerprint density at radius 1 is 1.36 bits per heavy atom. The van der Waals surface area contributed by atoms with Crippen LogP contribution < -0.4 is 20.5 Å². The van der Waals surface area contributed by atoms with Crippen molar-refractivity contribution in [3.05, 3.63) is 18.2 Å². The molecule has 2 rings (SSSR count). The maximum atomic E-state index is 5.45. The van der Waals surface area contributed by atoms with Gasteiger partial charge in [0.05, 0.1) is 5.69 Å². The molecule has 0 aliphatic carbocycles. The second kappa shape index (κ2) is 3.71. The molecule has 4 nitrogen and oxygen atoms in total. The molecule has 0 fully saturated rings. The molecule has 5 heteroatoms. The van der Waals surface area contributed by atoms with Crippen LogP contribution in [-0.2, 0) is 0 Å². The standard InChI is InChI=1S/C9H10N2O2S/c10-9(14)11-6-2-1-3-7-8(6)13-5-4-12-7/h1-3H,4-5H2,(H3,10,11,14). The molecule has 0 aromatic heterocycles. The Bertz CT molecular complexity index is 368. The molecule has 0 saturated heterocycles. The van der Waals surface area contributed by atoms with Crippen molar-refractivity contribution >= 4 is 23.0 Å². The topological polar surface area (TPSA) is 56.5 Å². The van der Waals surface area contributed by atoms with E-state index < -0.39 is 0 Å². The Hall–Kier alpha value is -1.49. The minimum Gasteiger partial charge on any atom is -0.486 e. The van der Waals surface area contributed by atoms with Gasteiger partial charge >= 0.3 is 0 Å². The minimum atomic E-state index is 0.215. The predicted molar refractivity (Wildman–Crippen MR) is 57.8 cm³/mol. The molecule has 14 heavy (non-hydrogen) atoms. The first-order chi connectivity index (χ1) is 6.77. The van der Waals surface area contributed by atoms with Crippen LogP contribution in [0.2, 0.25) is 0 Å². The van der Waals surface area contributed by atoms with Gasteiger partial charge in [-0.05, 0) is 24.4 Å². The molecule has 1 heterocycles. The molecule has 0 unspecified atom stereocenters. The molecule has 0 atom stereocenters. The van der Waals surface area contributed by atoms with Crippen molar-refractivity contribution in [2.45, 2.75) is 0 Å². The highest BCUT2D eigenvalue weighted by Crippen LogP contribution is 2.36. The molecular formula is C9H10N2O2S. The Labute approximate surface area is 87.0 Å². The van der Waals surface area contributed by atoms with Crippen LogP contribution in [-0.4, -0.2) is 18.3 Å². The van der Waals surface area contributed by atoms with E-state index in [-0.39, 0.29) is 5.11 Å². The minimum absolute atomic E-state index is 0.215. The summed E-state index contributed by atoms with van der Waals surface area (Å²) >= 11 is 4.75. The second-order valence-electron chi connectivity index (χ2n) is 2.82. The molecule has 0 spiro atoms. The zero-order chi connectivity index (χ0) is 9.97. The van der Waals surface area contributed by atoms with E-state index in [1.54, 1.807) is 0 Å². The number of fused-ring (bicyclic) bond motifs is 1. The largest absolute Gasteiger partial charge is 0.486 e. The SMILES string of the molecule is NC(=S)Nc1cccc2c1OCCO2. The molecule has 3 N–H and O–H groups in total. The number of nitrogens with one attached hydrogen (secondary N) is 1. The van der Waals surface area contributed by atoms with Gasteiger partial charge in [0.15, 0.2) is 16.6 Å². The van der Waals surface area contributed by atoms with E-state index >= 15 is 0 Å². The van der Waals surface area contributed by atoms with Crippen molar-refractivity contribution in [1.82, 2.24) is 0 Å². The normalized spacial score (nSPS) is 13.4. The van der Waals surface area contributed by atoms with Crippen molar-refractivity contribution in [2.75, 3.05) is 18.5 Å². The molecule has 0 bridgehead atoms. The van der Waals surface area contributed by atoms with Crippen LogP contribution in [0.25, 0.3) is 0 Å². The first-order valence-electron chi connectivity index (χ1n) is 4.22. The van der Waals surface area contributed by atoms with Gasteiger partial charge in [0.1, 0.15) is 13.2 Å². The number of rotatable bonds is 1. The highest BCUT2D eigenvalue weighted by Gasteiger charge is 2.15. The van der Waals surface area contributed by atoms with E-state index in [2.05, 4.69) is 5.32 Å². The maximum absolute atomic E-state index is 5.45. The Morgan fingerprint density at radius 2 is 2.14 bits per heavy atom. The summed E-state index contributed by atoms with van der Waals surface area (Å²) in [4.78, 5) is 0. The molecular weight excluding hydrogens is 200 g/mol. The zero-order valence-electron chi connectivity index (χ0n) is 7.45. The summed E-state index contributed by atoms with van der Waals surface area (Å²) in [5.41, 5.74) is 6.13. The van der Waals surface area contributed by atoms with Gasteiger partial charge < -0.3 is 20.5 Å². The van der Waals surface area contributed by atoms with Crippen LogP contribution in [0.5, 0.6) is 11.5 Å². The van der Waals surface area contributed by atoms with Gasteiger partial charge in [-0.3, -0.25) is 0 Å². The Kier molecular flexibility index (Phi) is 2.41. The fourth-order valence-corrected chi connectivity index (χ4v) is 1.41. The summed E-state index contributed by atoms with van der Waals surface area (Å²) in [5.74, 6) is 1.39. The zero-order valence-corrected chi connectivity index (χ0v) is 8.26. The molecule has 1 aliphatic heterocycles. The van der Waals surface area contributed by atoms with Crippen LogP contribution in [0.15, 0.2) is 18.2 Å². The van der Waals surface area contributed by atoms with Crippen LogP contribution in [0.4, 0.5) is 5.69 Å². The van der Waals surface area contributed by atoms with E-state index in [1.165, 1.54) is 0 Å². The lowest BCUT2D eigenvalue weighted by Crippen LogP contribution is -2.21. The quantitative estimate of drug-likeness (QED) is 0.680. The van der Waals surface area contributed by atoms with E-state index in [4.69, 9.17) is 27.4 Å².